The summed E-state index contributed by atoms with van der Waals surface area (Å²) < 4.78 is 7.30. The highest BCUT2D eigenvalue weighted by atomic mass is 16.6. The Labute approximate surface area is 193 Å². The third-order valence-corrected chi connectivity index (χ3v) is 5.79. The van der Waals surface area contributed by atoms with E-state index in [1.54, 1.807) is 22.7 Å². The smallest absolute Gasteiger partial charge is 0.410 e. The number of anilines is 3. The summed E-state index contributed by atoms with van der Waals surface area (Å²) in [6.07, 6.45) is 1.98. The Balaban J connectivity index is 1.57. The van der Waals surface area contributed by atoms with Crippen molar-refractivity contribution >= 4 is 29.2 Å². The van der Waals surface area contributed by atoms with Crippen molar-refractivity contribution in [2.75, 3.05) is 16.8 Å². The molecule has 1 aliphatic rings. The number of ether oxygens (including phenoxy) is 1. The summed E-state index contributed by atoms with van der Waals surface area (Å²) in [5.74, 6) is 0.671. The van der Waals surface area contributed by atoms with E-state index in [1.165, 1.54) is 4.90 Å². The molecule has 4 rings (SSSR count). The molecular formula is C25H29N5O3. The molecule has 0 fully saturated rings. The molecule has 0 saturated carbocycles. The fraction of sp³-hybridized carbons (Fsp3) is 0.320. The molecule has 1 N–H and O–H groups in total. The van der Waals surface area contributed by atoms with E-state index in [4.69, 9.17) is 4.74 Å². The van der Waals surface area contributed by atoms with Crippen LogP contribution in [0.1, 0.15) is 31.4 Å². The zero-order chi connectivity index (χ0) is 23.4. The van der Waals surface area contributed by atoms with Crippen LogP contribution >= 0.6 is 0 Å². The lowest BCUT2D eigenvalue weighted by molar-refractivity contribution is -0.123. The van der Waals surface area contributed by atoms with E-state index in [9.17, 15) is 9.59 Å². The molecule has 1 aliphatic heterocycles. The van der Waals surface area contributed by atoms with Gasteiger partial charge in [0.1, 0.15) is 18.5 Å². The van der Waals surface area contributed by atoms with E-state index in [1.807, 2.05) is 68.6 Å². The van der Waals surface area contributed by atoms with Gasteiger partial charge in [-0.3, -0.25) is 14.4 Å². The van der Waals surface area contributed by atoms with Crippen molar-refractivity contribution in [3.63, 3.8) is 0 Å². The van der Waals surface area contributed by atoms with Gasteiger partial charge in [-0.05, 0) is 31.0 Å². The predicted octanol–water partition coefficient (Wildman–Crippen LogP) is 4.45. The number of carbonyl (C=O) groups is 2. The Kier molecular flexibility index (Phi) is 6.63. The number of hydrogen-bond acceptors (Lipinski definition) is 5. The largest absolute Gasteiger partial charge is 0.445 e. The molecule has 1 unspecified atom stereocenters. The molecule has 3 aromatic rings. The number of benzene rings is 2. The summed E-state index contributed by atoms with van der Waals surface area (Å²) in [6.45, 7) is 4.67. The molecule has 1 atom stereocenters. The average Bonchev–Trinajstić information content (AvgIpc) is 3.08. The van der Waals surface area contributed by atoms with Crippen molar-refractivity contribution in [2.24, 2.45) is 7.05 Å². The lowest BCUT2D eigenvalue weighted by Crippen LogP contribution is -2.49. The Bertz CT molecular complexity index is 1130. The molecule has 2 amide bonds. The van der Waals surface area contributed by atoms with E-state index in [-0.39, 0.29) is 12.5 Å². The van der Waals surface area contributed by atoms with Crippen molar-refractivity contribution in [1.82, 2.24) is 14.7 Å². The number of aromatic nitrogens is 2. The van der Waals surface area contributed by atoms with Crippen molar-refractivity contribution in [3.05, 3.63) is 71.9 Å². The molecule has 0 radical (unpaired) electrons. The van der Waals surface area contributed by atoms with Crippen LogP contribution in [-0.2, 0) is 29.7 Å². The summed E-state index contributed by atoms with van der Waals surface area (Å²) in [6, 6.07) is 16.5. The van der Waals surface area contributed by atoms with Gasteiger partial charge in [-0.15, -0.1) is 0 Å². The number of aryl methyl sites for hydroxylation is 1. The third kappa shape index (κ3) is 4.69. The first-order valence-electron chi connectivity index (χ1n) is 11.1. The van der Waals surface area contributed by atoms with Gasteiger partial charge in [0, 0.05) is 19.2 Å². The highest BCUT2D eigenvalue weighted by Gasteiger charge is 2.33. The average molecular weight is 448 g/mol. The maximum Gasteiger partial charge on any atom is 0.410 e. The van der Waals surface area contributed by atoms with Crippen LogP contribution in [0.4, 0.5) is 22.0 Å². The zero-order valence-electron chi connectivity index (χ0n) is 19.2. The second-order valence-corrected chi connectivity index (χ2v) is 8.12. The molecule has 2 aromatic carbocycles. The van der Waals surface area contributed by atoms with Crippen molar-refractivity contribution in [3.8, 4) is 0 Å². The molecule has 172 valence electrons. The second kappa shape index (κ2) is 9.77. The quantitative estimate of drug-likeness (QED) is 0.604. The second-order valence-electron chi connectivity index (χ2n) is 8.12. The number of hydrogen-bond donors (Lipinski definition) is 1. The molecule has 0 aliphatic carbocycles. The Morgan fingerprint density at radius 1 is 1.15 bits per heavy atom. The minimum absolute atomic E-state index is 0.163. The Morgan fingerprint density at radius 2 is 1.88 bits per heavy atom. The first-order valence-corrected chi connectivity index (χ1v) is 11.1. The summed E-state index contributed by atoms with van der Waals surface area (Å²) >= 11 is 0. The molecule has 8 nitrogen and oxygen atoms in total. The summed E-state index contributed by atoms with van der Waals surface area (Å²) in [5.41, 5.74) is 3.38. The maximum atomic E-state index is 13.7. The van der Waals surface area contributed by atoms with Gasteiger partial charge >= 0.3 is 6.09 Å². The van der Waals surface area contributed by atoms with E-state index in [2.05, 4.69) is 10.4 Å². The number of nitrogens with one attached hydrogen (secondary N) is 1. The van der Waals surface area contributed by atoms with Gasteiger partial charge in [0.15, 0.2) is 0 Å². The van der Waals surface area contributed by atoms with Crippen molar-refractivity contribution in [2.45, 2.75) is 39.5 Å². The number of para-hydroxylation sites is 2. The van der Waals surface area contributed by atoms with Crippen molar-refractivity contribution in [1.29, 1.82) is 0 Å². The van der Waals surface area contributed by atoms with E-state index in [0.717, 1.165) is 28.3 Å². The minimum atomic E-state index is -0.695. The molecule has 0 spiro atoms. The molecule has 2 heterocycles. The highest BCUT2D eigenvalue weighted by Crippen LogP contribution is 2.35. The summed E-state index contributed by atoms with van der Waals surface area (Å²) in [7, 11) is 1.86. The normalized spacial score (nSPS) is 13.2. The molecule has 0 bridgehead atoms. The molecule has 1 aromatic heterocycles. The van der Waals surface area contributed by atoms with Crippen LogP contribution in [0.5, 0.6) is 0 Å². The molecule has 33 heavy (non-hydrogen) atoms. The van der Waals surface area contributed by atoms with Gasteiger partial charge in [-0.2, -0.15) is 5.10 Å². The van der Waals surface area contributed by atoms with Crippen molar-refractivity contribution < 1.29 is 14.3 Å². The molecule has 0 saturated heterocycles. The summed E-state index contributed by atoms with van der Waals surface area (Å²) in [5, 5.41) is 7.72. The first-order chi connectivity index (χ1) is 16.0. The van der Waals surface area contributed by atoms with Crippen LogP contribution in [-0.4, -0.2) is 39.3 Å². The standard InChI is InChI=1S/C25H29N5O3/c1-4-14-29(25(32)33-17-19-10-6-5-7-11-19)18(2)24(31)30-16-20-15-26-28(3)23(20)27-21-12-8-9-13-22(21)30/h5-13,15,18,27H,4,14,16-17H2,1-3H3. The first kappa shape index (κ1) is 22.4. The van der Waals surface area contributed by atoms with Crippen LogP contribution < -0.4 is 10.2 Å². The fourth-order valence-corrected chi connectivity index (χ4v) is 4.00. The number of nitrogens with zero attached hydrogens (tertiary/aromatic N) is 4. The van der Waals surface area contributed by atoms with Gasteiger partial charge in [0.2, 0.25) is 5.91 Å². The van der Waals surface area contributed by atoms with Crippen LogP contribution in [0.15, 0.2) is 60.8 Å². The van der Waals surface area contributed by atoms with E-state index in [0.29, 0.717) is 19.5 Å². The number of fused-ring (bicyclic) bond motifs is 2. The SMILES string of the molecule is CCCN(C(=O)OCc1ccccc1)C(C)C(=O)N1Cc2cnn(C)c2Nc2ccccc21. The lowest BCUT2D eigenvalue weighted by Gasteiger charge is -2.32. The topological polar surface area (TPSA) is 79.7 Å². The van der Waals surface area contributed by atoms with Crippen LogP contribution in [0, 0.1) is 0 Å². The van der Waals surface area contributed by atoms with Gasteiger partial charge in [-0.1, -0.05) is 49.4 Å². The van der Waals surface area contributed by atoms with Crippen LogP contribution in [0.2, 0.25) is 0 Å². The number of rotatable bonds is 6. The van der Waals surface area contributed by atoms with Crippen LogP contribution in [0.25, 0.3) is 0 Å². The fourth-order valence-electron chi connectivity index (χ4n) is 4.00. The highest BCUT2D eigenvalue weighted by molar-refractivity contribution is 6.02. The lowest BCUT2D eigenvalue weighted by atomic mass is 10.1. The maximum absolute atomic E-state index is 13.7. The predicted molar refractivity (Wildman–Crippen MR) is 127 cm³/mol. The third-order valence-electron chi connectivity index (χ3n) is 5.79. The van der Waals surface area contributed by atoms with Crippen LogP contribution in [0.3, 0.4) is 0 Å². The molecule has 8 heteroatoms. The summed E-state index contributed by atoms with van der Waals surface area (Å²) in [4.78, 5) is 29.9. The monoisotopic (exact) mass is 447 g/mol. The van der Waals surface area contributed by atoms with Gasteiger partial charge in [-0.25, -0.2) is 4.79 Å². The van der Waals surface area contributed by atoms with Gasteiger partial charge in [0.25, 0.3) is 0 Å². The van der Waals surface area contributed by atoms with Gasteiger partial charge < -0.3 is 15.0 Å². The van der Waals surface area contributed by atoms with E-state index >= 15 is 0 Å². The molecular weight excluding hydrogens is 418 g/mol. The Hall–Kier alpha value is -3.81. The zero-order valence-corrected chi connectivity index (χ0v) is 19.2. The Morgan fingerprint density at radius 3 is 2.64 bits per heavy atom. The van der Waals surface area contributed by atoms with Gasteiger partial charge in [0.05, 0.1) is 24.1 Å². The number of carbonyl (C=O) groups excluding carboxylic acids is 2. The minimum Gasteiger partial charge on any atom is -0.445 e. The van der Waals surface area contributed by atoms with E-state index < -0.39 is 12.1 Å². The number of amides is 2.